The smallest absolute Gasteiger partial charge is 0.329 e. The third kappa shape index (κ3) is 1.85. The number of benzene rings is 1. The number of carbonyl (C=O) groups excluding carboxylic acids is 2. The fraction of sp³-hybridized carbons (Fsp3) is 0.385. The van der Waals surface area contributed by atoms with Gasteiger partial charge in [0.05, 0.1) is 12.3 Å². The van der Waals surface area contributed by atoms with Gasteiger partial charge in [-0.05, 0) is 12.1 Å². The van der Waals surface area contributed by atoms with Crippen LogP contribution in [0.1, 0.15) is 18.4 Å². The fourth-order valence-corrected chi connectivity index (χ4v) is 2.49. The Morgan fingerprint density at radius 3 is 2.80 bits per heavy atom. The normalized spacial score (nSPS) is 25.9. The van der Waals surface area contributed by atoms with Gasteiger partial charge in [0.1, 0.15) is 5.54 Å². The Morgan fingerprint density at radius 2 is 2.15 bits per heavy atom. The molecule has 0 bridgehead atoms. The summed E-state index contributed by atoms with van der Waals surface area (Å²) < 4.78 is 30.6. The van der Waals surface area contributed by atoms with Gasteiger partial charge in [-0.1, -0.05) is 12.1 Å². The Hall–Kier alpha value is -2.02. The molecule has 1 spiro atoms. The summed E-state index contributed by atoms with van der Waals surface area (Å²) in [6.45, 7) is 0.500. The number of alkyl halides is 2. The number of hydrogen-bond donors (Lipinski definition) is 1. The molecule has 3 rings (SSSR count). The van der Waals surface area contributed by atoms with Crippen LogP contribution in [0.5, 0.6) is 0 Å². The summed E-state index contributed by atoms with van der Waals surface area (Å²) in [6, 6.07) is 4.65. The number of nitrogens with zero attached hydrogens (tertiary/aromatic N) is 1. The first kappa shape index (κ1) is 13.0. The quantitative estimate of drug-likeness (QED) is 0.842. The van der Waals surface area contributed by atoms with Crippen molar-refractivity contribution in [1.29, 1.82) is 0 Å². The maximum absolute atomic E-state index is 12.7. The highest BCUT2D eigenvalue weighted by Gasteiger charge is 2.54. The van der Waals surface area contributed by atoms with Gasteiger partial charge in [0.2, 0.25) is 0 Å². The molecule has 2 heterocycles. The molecule has 20 heavy (non-hydrogen) atoms. The van der Waals surface area contributed by atoms with Gasteiger partial charge in [-0.2, -0.15) is 0 Å². The van der Waals surface area contributed by atoms with Crippen molar-refractivity contribution in [3.63, 3.8) is 0 Å². The molecule has 3 amide bonds. The minimum atomic E-state index is -2.65. The summed E-state index contributed by atoms with van der Waals surface area (Å²) >= 11 is 0. The van der Waals surface area contributed by atoms with Gasteiger partial charge < -0.3 is 10.1 Å². The highest BCUT2D eigenvalue weighted by molar-refractivity contribution is 6.23. The third-order valence-electron chi connectivity index (χ3n) is 3.56. The molecule has 2 aliphatic heterocycles. The average Bonchev–Trinajstić information content (AvgIpc) is 2.97. The van der Waals surface area contributed by atoms with Crippen LogP contribution in [0.3, 0.4) is 0 Å². The Morgan fingerprint density at radius 1 is 1.35 bits per heavy atom. The average molecular weight is 282 g/mol. The molecule has 0 saturated carbocycles. The lowest BCUT2D eigenvalue weighted by Gasteiger charge is -2.18. The highest BCUT2D eigenvalue weighted by atomic mass is 19.3. The van der Waals surface area contributed by atoms with Crippen molar-refractivity contribution in [1.82, 2.24) is 5.32 Å². The molecule has 0 aromatic heterocycles. The van der Waals surface area contributed by atoms with Crippen LogP contribution in [0.15, 0.2) is 24.3 Å². The van der Waals surface area contributed by atoms with E-state index in [-0.39, 0.29) is 17.9 Å². The maximum atomic E-state index is 12.7. The zero-order chi connectivity index (χ0) is 14.3. The summed E-state index contributed by atoms with van der Waals surface area (Å²) in [4.78, 5) is 25.3. The van der Waals surface area contributed by atoms with Gasteiger partial charge in [-0.25, -0.2) is 18.5 Å². The molecule has 1 aromatic carbocycles. The van der Waals surface area contributed by atoms with E-state index in [0.717, 1.165) is 11.0 Å². The van der Waals surface area contributed by atoms with Gasteiger partial charge in [0.15, 0.2) is 0 Å². The standard InChI is InChI=1S/C13H12F2N2O3/c14-10(15)8-2-1-3-9(6-8)17-11(18)13(16-12(17)19)4-5-20-7-13/h1-3,6,10H,4-5,7H2,(H,16,19). The number of anilines is 1. The highest BCUT2D eigenvalue weighted by Crippen LogP contribution is 2.32. The monoisotopic (exact) mass is 282 g/mol. The minimum absolute atomic E-state index is 0.114. The van der Waals surface area contributed by atoms with Crippen LogP contribution in [0.2, 0.25) is 0 Å². The number of imide groups is 1. The van der Waals surface area contributed by atoms with E-state index in [1.807, 2.05) is 0 Å². The molecule has 1 unspecified atom stereocenters. The number of amides is 3. The summed E-state index contributed by atoms with van der Waals surface area (Å²) in [5.41, 5.74) is -1.13. The summed E-state index contributed by atoms with van der Waals surface area (Å²) in [5.74, 6) is -0.452. The molecule has 2 aliphatic rings. The largest absolute Gasteiger partial charge is 0.378 e. The molecular formula is C13H12F2N2O3. The van der Waals surface area contributed by atoms with E-state index in [1.165, 1.54) is 18.2 Å². The second-order valence-corrected chi connectivity index (χ2v) is 4.85. The zero-order valence-electron chi connectivity index (χ0n) is 10.4. The molecule has 0 aliphatic carbocycles. The van der Waals surface area contributed by atoms with Crippen LogP contribution >= 0.6 is 0 Å². The number of halogens is 2. The predicted octanol–water partition coefficient (Wildman–Crippen LogP) is 1.84. The van der Waals surface area contributed by atoms with E-state index < -0.39 is 23.9 Å². The Balaban J connectivity index is 1.96. The molecule has 1 N–H and O–H groups in total. The Labute approximate surface area is 113 Å². The Kier molecular flexibility index (Phi) is 2.93. The number of urea groups is 1. The predicted molar refractivity (Wildman–Crippen MR) is 65.6 cm³/mol. The van der Waals surface area contributed by atoms with Crippen molar-refractivity contribution in [2.75, 3.05) is 18.1 Å². The first-order chi connectivity index (χ1) is 9.53. The van der Waals surface area contributed by atoms with E-state index in [0.29, 0.717) is 13.0 Å². The van der Waals surface area contributed by atoms with Gasteiger partial charge >= 0.3 is 6.03 Å². The van der Waals surface area contributed by atoms with Crippen molar-refractivity contribution in [2.24, 2.45) is 0 Å². The van der Waals surface area contributed by atoms with Crippen molar-refractivity contribution >= 4 is 17.6 Å². The van der Waals surface area contributed by atoms with Crippen LogP contribution < -0.4 is 10.2 Å². The maximum Gasteiger partial charge on any atom is 0.329 e. The van der Waals surface area contributed by atoms with Crippen molar-refractivity contribution in [3.8, 4) is 0 Å². The van der Waals surface area contributed by atoms with Crippen LogP contribution in [0.25, 0.3) is 0 Å². The minimum Gasteiger partial charge on any atom is -0.378 e. The SMILES string of the molecule is O=C1NC2(CCOC2)C(=O)N1c1cccc(C(F)F)c1. The zero-order valence-corrected chi connectivity index (χ0v) is 10.4. The van der Waals surface area contributed by atoms with Crippen LogP contribution in [-0.2, 0) is 9.53 Å². The van der Waals surface area contributed by atoms with E-state index in [1.54, 1.807) is 0 Å². The molecule has 5 nitrogen and oxygen atoms in total. The molecular weight excluding hydrogens is 270 g/mol. The van der Waals surface area contributed by atoms with Crippen molar-refractivity contribution in [2.45, 2.75) is 18.4 Å². The van der Waals surface area contributed by atoms with Crippen molar-refractivity contribution < 1.29 is 23.1 Å². The fourth-order valence-electron chi connectivity index (χ4n) is 2.49. The van der Waals surface area contributed by atoms with Crippen LogP contribution in [0.4, 0.5) is 19.3 Å². The number of hydrogen-bond acceptors (Lipinski definition) is 3. The topological polar surface area (TPSA) is 58.6 Å². The van der Waals surface area contributed by atoms with E-state index in [2.05, 4.69) is 5.32 Å². The second kappa shape index (κ2) is 4.52. The summed E-state index contributed by atoms with van der Waals surface area (Å²) in [7, 11) is 0. The first-order valence-corrected chi connectivity index (χ1v) is 6.16. The molecule has 2 fully saturated rings. The summed E-state index contributed by atoms with van der Waals surface area (Å²) in [6.07, 6.45) is -2.26. The third-order valence-corrected chi connectivity index (χ3v) is 3.56. The Bertz CT molecular complexity index is 570. The van der Waals surface area contributed by atoms with Crippen LogP contribution in [-0.4, -0.2) is 30.7 Å². The molecule has 1 aromatic rings. The number of carbonyl (C=O) groups is 2. The lowest BCUT2D eigenvalue weighted by molar-refractivity contribution is -0.122. The van der Waals surface area contributed by atoms with Gasteiger partial charge in [0.25, 0.3) is 12.3 Å². The molecule has 7 heteroatoms. The molecule has 1 atom stereocenters. The molecule has 2 saturated heterocycles. The first-order valence-electron chi connectivity index (χ1n) is 6.16. The van der Waals surface area contributed by atoms with Crippen molar-refractivity contribution in [3.05, 3.63) is 29.8 Å². The number of rotatable bonds is 2. The lowest BCUT2D eigenvalue weighted by Crippen LogP contribution is -2.47. The molecule has 106 valence electrons. The van der Waals surface area contributed by atoms with Gasteiger partial charge in [-0.3, -0.25) is 4.79 Å². The van der Waals surface area contributed by atoms with E-state index >= 15 is 0 Å². The van der Waals surface area contributed by atoms with E-state index in [4.69, 9.17) is 4.74 Å². The second-order valence-electron chi connectivity index (χ2n) is 4.85. The lowest BCUT2D eigenvalue weighted by atomic mass is 9.99. The van der Waals surface area contributed by atoms with E-state index in [9.17, 15) is 18.4 Å². The number of nitrogens with one attached hydrogen (secondary N) is 1. The van der Waals surface area contributed by atoms with Gasteiger partial charge in [-0.15, -0.1) is 0 Å². The number of ether oxygens (including phenoxy) is 1. The van der Waals surface area contributed by atoms with Gasteiger partial charge in [0, 0.05) is 18.6 Å². The van der Waals surface area contributed by atoms with Crippen LogP contribution in [0, 0.1) is 0 Å². The molecule has 0 radical (unpaired) electrons. The summed E-state index contributed by atoms with van der Waals surface area (Å²) in [5, 5.41) is 2.60.